The van der Waals surface area contributed by atoms with E-state index in [0.717, 1.165) is 62.5 Å². The second-order valence-corrected chi connectivity index (χ2v) is 33.3. The molecule has 3 heterocycles. The Labute approximate surface area is 672 Å². The highest BCUT2D eigenvalue weighted by Crippen LogP contribution is 2.67. The van der Waals surface area contributed by atoms with Gasteiger partial charge in [0.1, 0.15) is 0 Å². The van der Waals surface area contributed by atoms with E-state index in [-0.39, 0.29) is 16.1 Å². The molecule has 26 rings (SSSR count). The molecule has 7 aliphatic rings. The number of nitrogens with zero attached hydrogens (tertiary/aromatic N) is 5. The predicted octanol–water partition coefficient (Wildman–Crippen LogP) is 26.9. The molecule has 7 aliphatic carbocycles. The van der Waals surface area contributed by atoms with Crippen molar-refractivity contribution < 1.29 is 0 Å². The van der Waals surface area contributed by atoms with Gasteiger partial charge in [-0.25, -0.2) is 19.9 Å². The zero-order valence-electron chi connectivity index (χ0n) is 63.8. The summed E-state index contributed by atoms with van der Waals surface area (Å²) in [6.07, 6.45) is 1.08. The monoisotopic (exact) mass is 1490 g/mol. The van der Waals surface area contributed by atoms with E-state index in [0.29, 0.717) is 5.95 Å². The maximum atomic E-state index is 6.73. The van der Waals surface area contributed by atoms with E-state index in [4.69, 9.17) is 31.5 Å². The minimum atomic E-state index is -0.445. The Kier molecular flexibility index (Phi) is 13.9. The van der Waals surface area contributed by atoms with Crippen molar-refractivity contribution in [1.29, 1.82) is 0 Å². The molecule has 540 valence electrons. The first-order valence-corrected chi connectivity index (χ1v) is 40.5. The van der Waals surface area contributed by atoms with Gasteiger partial charge in [0.15, 0.2) is 0 Å². The number of hydrogen-bond donors (Lipinski definition) is 0. The fraction of sp³-hybridized carbons (Fsp3) is 0.0826. The molecular weight excluding hydrogens is 1410 g/mol. The summed E-state index contributed by atoms with van der Waals surface area (Å²) < 4.78 is 2.31. The molecule has 0 saturated carbocycles. The number of fused-ring (bicyclic) bond motifs is 34. The highest BCUT2D eigenvalue weighted by atomic mass is 35.5. The average molecular weight is 1490 g/mol. The largest absolute Gasteiger partial charge is 0.278 e. The van der Waals surface area contributed by atoms with Crippen molar-refractivity contribution in [3.8, 4) is 106 Å². The van der Waals surface area contributed by atoms with Crippen molar-refractivity contribution in [1.82, 2.24) is 24.5 Å². The van der Waals surface area contributed by atoms with Gasteiger partial charge in [-0.2, -0.15) is 0 Å². The zero-order valence-corrected chi connectivity index (χ0v) is 64.6. The summed E-state index contributed by atoms with van der Waals surface area (Å²) in [5.41, 5.74) is 40.6. The second kappa shape index (κ2) is 24.2. The summed E-state index contributed by atoms with van der Waals surface area (Å²) >= 11 is 6.73. The minimum absolute atomic E-state index is 0.270. The first-order valence-electron chi connectivity index (χ1n) is 40.1. The van der Waals surface area contributed by atoms with Gasteiger partial charge < -0.3 is 0 Å². The molecular formula is C109H72ClN5. The van der Waals surface area contributed by atoms with Gasteiger partial charge in [0.2, 0.25) is 11.2 Å². The number of rotatable bonds is 3. The molecule has 6 heteroatoms. The van der Waals surface area contributed by atoms with Gasteiger partial charge in [0, 0.05) is 43.9 Å². The fourth-order valence-electron chi connectivity index (χ4n) is 21.9. The van der Waals surface area contributed by atoms with Gasteiger partial charge in [-0.15, -0.1) is 0 Å². The topological polar surface area (TPSA) is 56.5 Å². The second-order valence-electron chi connectivity index (χ2n) is 33.0. The number of halogens is 1. The molecule has 0 radical (unpaired) electrons. The molecule has 5 nitrogen and oxygen atoms in total. The third kappa shape index (κ3) is 8.88. The molecule has 0 amide bonds. The van der Waals surface area contributed by atoms with Crippen molar-refractivity contribution in [2.24, 2.45) is 0 Å². The maximum absolute atomic E-state index is 6.73. The van der Waals surface area contributed by atoms with Crippen LogP contribution in [0.3, 0.4) is 0 Å². The smallest absolute Gasteiger partial charge is 0.235 e. The molecule has 115 heavy (non-hydrogen) atoms. The summed E-state index contributed by atoms with van der Waals surface area (Å²) in [4.78, 5) is 21.3. The van der Waals surface area contributed by atoms with Crippen LogP contribution in [0.25, 0.3) is 150 Å². The number of para-hydroxylation sites is 1. The van der Waals surface area contributed by atoms with Crippen LogP contribution in [-0.2, 0) is 28.1 Å². The van der Waals surface area contributed by atoms with Crippen molar-refractivity contribution in [3.63, 3.8) is 0 Å². The van der Waals surface area contributed by atoms with E-state index in [9.17, 15) is 0 Å². The summed E-state index contributed by atoms with van der Waals surface area (Å²) in [5, 5.41) is 7.79. The number of aromatic nitrogens is 5. The quantitative estimate of drug-likeness (QED) is 0.165. The Hall–Kier alpha value is -13.7. The molecule has 16 aromatic carbocycles. The van der Waals surface area contributed by atoms with Gasteiger partial charge in [-0.3, -0.25) is 4.57 Å². The SMILES string of the molecule is CC1(C)c2ccccc2-c2c(-c3cccc4c3-c3ccccc3C43c4ccccc4-c4ccccc43)nc(-n3c4ccccc4c4cc5ccccc5cc43)nc21.CC1(C)c2ccccc2-c2c(-c3cccc4c3-c3ccccc3C43c4ccccc4-c4ccccc43)nc(Cl)nc21.c1ccc2c(c1)Cc1cc3ccccc3cc1-2. The standard InChI is InChI=1S/C54H35N3.C38H25ClN2.C17H12/c1-53(2)41-24-10-7-21-37(41)49-50(55-52(56-51(49)53)57-46-29-14-9-20-36(46)40-30-32-16-3-4-17-33(32)31-47(40)57)39-23-15-28-45-48(39)38-22-8-13-27-44(38)54(45)42-25-11-5-18-34(42)35-19-6-12-26-43(35)54;1-37(2)27-17-7-5-14-24(27)33-34(40-36(39)41-35(33)37)26-16-11-21-31-32(26)25-15-6-10-20-30(25)38(31)28-18-8-3-12-22(28)23-13-4-9-19-29(23)38;1-2-6-13-11-17-15(9-12(13)5-1)10-14-7-3-4-8-16(14)17/h3-31H,1-2H3;3-21H,1-2H3;1-9,11H,10H2. The average Bonchev–Trinajstić information content (AvgIpc) is 1.51. The Balaban J connectivity index is 0.000000113. The molecule has 0 fully saturated rings. The fourth-order valence-corrected chi connectivity index (χ4v) is 22.1. The summed E-state index contributed by atoms with van der Waals surface area (Å²) in [7, 11) is 0. The van der Waals surface area contributed by atoms with Crippen LogP contribution in [0.4, 0.5) is 0 Å². The normalized spacial score (nSPS) is 14.7. The first kappa shape index (κ1) is 65.9. The van der Waals surface area contributed by atoms with E-state index >= 15 is 0 Å². The van der Waals surface area contributed by atoms with Gasteiger partial charge in [0.05, 0.1) is 44.6 Å². The van der Waals surface area contributed by atoms with E-state index in [1.54, 1.807) is 0 Å². The molecule has 0 N–H and O–H groups in total. The predicted molar refractivity (Wildman–Crippen MR) is 472 cm³/mol. The lowest BCUT2D eigenvalue weighted by molar-refractivity contribution is 0.632. The van der Waals surface area contributed by atoms with Crippen molar-refractivity contribution >= 4 is 55.0 Å². The molecule has 19 aromatic rings. The summed E-state index contributed by atoms with van der Waals surface area (Å²) in [5.74, 6) is 0.696. The Morgan fingerprint density at radius 1 is 0.252 bits per heavy atom. The minimum Gasteiger partial charge on any atom is -0.278 e. The zero-order chi connectivity index (χ0) is 76.4. The van der Waals surface area contributed by atoms with Gasteiger partial charge >= 0.3 is 0 Å². The van der Waals surface area contributed by atoms with Gasteiger partial charge in [-0.1, -0.05) is 355 Å². The molecule has 0 unspecified atom stereocenters. The third-order valence-corrected chi connectivity index (χ3v) is 26.8. The van der Waals surface area contributed by atoms with E-state index in [1.807, 2.05) is 0 Å². The highest BCUT2D eigenvalue weighted by molar-refractivity contribution is 6.28. The van der Waals surface area contributed by atoms with Crippen LogP contribution >= 0.6 is 11.6 Å². The maximum Gasteiger partial charge on any atom is 0.235 e. The van der Waals surface area contributed by atoms with Crippen LogP contribution in [0.1, 0.15) is 106 Å². The molecule has 0 saturated heterocycles. The van der Waals surface area contributed by atoms with Crippen LogP contribution in [0.2, 0.25) is 5.28 Å². The van der Waals surface area contributed by atoms with E-state index in [2.05, 4.69) is 384 Å². The number of benzene rings is 16. The Morgan fingerprint density at radius 3 is 1.11 bits per heavy atom. The molecule has 0 aliphatic heterocycles. The van der Waals surface area contributed by atoms with Crippen LogP contribution in [0.15, 0.2) is 352 Å². The van der Waals surface area contributed by atoms with Crippen LogP contribution in [0.5, 0.6) is 0 Å². The van der Waals surface area contributed by atoms with Crippen molar-refractivity contribution in [2.45, 2.75) is 55.8 Å². The van der Waals surface area contributed by atoms with Crippen LogP contribution in [-0.4, -0.2) is 24.5 Å². The third-order valence-electron chi connectivity index (χ3n) is 26.7. The van der Waals surface area contributed by atoms with Crippen molar-refractivity contribution in [3.05, 3.63) is 435 Å². The lowest BCUT2D eigenvalue weighted by Crippen LogP contribution is -2.25. The summed E-state index contributed by atoms with van der Waals surface area (Å²) in [6, 6.07) is 129. The summed E-state index contributed by atoms with van der Waals surface area (Å²) in [6.45, 7) is 9.11. The molecule has 0 bridgehead atoms. The molecule has 2 spiro atoms. The Morgan fingerprint density at radius 2 is 0.609 bits per heavy atom. The van der Waals surface area contributed by atoms with Crippen LogP contribution < -0.4 is 0 Å². The molecule has 3 aromatic heterocycles. The number of hydrogen-bond acceptors (Lipinski definition) is 4. The lowest BCUT2D eigenvalue weighted by Gasteiger charge is -2.30. The Bertz CT molecular complexity index is 7400. The van der Waals surface area contributed by atoms with Gasteiger partial charge in [-0.05, 0) is 197 Å². The van der Waals surface area contributed by atoms with Gasteiger partial charge in [0.25, 0.3) is 0 Å². The van der Waals surface area contributed by atoms with Crippen LogP contribution in [0, 0.1) is 0 Å². The molecule has 0 atom stereocenters. The van der Waals surface area contributed by atoms with E-state index < -0.39 is 10.8 Å². The highest BCUT2D eigenvalue weighted by Gasteiger charge is 2.55. The van der Waals surface area contributed by atoms with E-state index in [1.165, 1.54) is 166 Å². The lowest BCUT2D eigenvalue weighted by atomic mass is 9.70. The van der Waals surface area contributed by atoms with Crippen molar-refractivity contribution in [2.75, 3.05) is 0 Å². The first-order chi connectivity index (χ1) is 56.5.